The van der Waals surface area contributed by atoms with E-state index in [-0.39, 0.29) is 19.3 Å². The number of benzene rings is 1. The summed E-state index contributed by atoms with van der Waals surface area (Å²) in [5.41, 5.74) is 2.96. The Morgan fingerprint density at radius 3 is 2.59 bits per heavy atom. The highest BCUT2D eigenvalue weighted by Crippen LogP contribution is 2.22. The van der Waals surface area contributed by atoms with E-state index in [0.29, 0.717) is 12.8 Å². The smallest absolute Gasteiger partial charge is 0.321 e. The fourth-order valence-corrected chi connectivity index (χ4v) is 3.54. The third-order valence-electron chi connectivity index (χ3n) is 4.07. The number of esters is 1. The third kappa shape index (κ3) is 7.42. The Kier molecular flexibility index (Phi) is 10.9. The minimum Gasteiger partial charge on any atom is -0.465 e. The number of carbonyl (C=O) groups excluding carboxylic acids is 1. The van der Waals surface area contributed by atoms with Crippen molar-refractivity contribution >= 4 is 22.5 Å². The van der Waals surface area contributed by atoms with E-state index in [0.717, 1.165) is 29.7 Å². The Balaban J connectivity index is 0.00000176. The van der Waals surface area contributed by atoms with Gasteiger partial charge in [-0.05, 0) is 30.9 Å². The molecule has 0 aromatic heterocycles. The van der Waals surface area contributed by atoms with Crippen LogP contribution in [-0.4, -0.2) is 51.8 Å². The van der Waals surface area contributed by atoms with Gasteiger partial charge < -0.3 is 14.7 Å². The van der Waals surface area contributed by atoms with Gasteiger partial charge in [0.2, 0.25) is 0 Å². The maximum Gasteiger partial charge on any atom is 0.321 e. The van der Waals surface area contributed by atoms with Crippen LogP contribution < -0.4 is 0 Å². The number of oxime groups is 1. The van der Waals surface area contributed by atoms with Crippen molar-refractivity contribution in [2.75, 3.05) is 19.5 Å². The van der Waals surface area contributed by atoms with Crippen molar-refractivity contribution in [1.82, 2.24) is 0 Å². The fourth-order valence-electron chi connectivity index (χ4n) is 2.71. The van der Waals surface area contributed by atoms with Gasteiger partial charge in [0.1, 0.15) is 11.4 Å². The summed E-state index contributed by atoms with van der Waals surface area (Å²) >= 11 is 0. The first kappa shape index (κ1) is 23.3. The number of rotatable bonds is 9. The number of aliphatic hydroxyl groups excluding tert-OH is 1. The summed E-state index contributed by atoms with van der Waals surface area (Å²) in [4.78, 5) is 17.4. The van der Waals surface area contributed by atoms with Crippen LogP contribution >= 0.6 is 0 Å². The first-order valence-electron chi connectivity index (χ1n) is 9.46. The molecule has 1 N–H and O–H groups in total. The van der Waals surface area contributed by atoms with E-state index in [2.05, 4.69) is 5.16 Å². The molecule has 0 radical (unpaired) electrons. The van der Waals surface area contributed by atoms with E-state index in [1.54, 1.807) is 6.92 Å². The molecule has 7 heteroatoms. The molecule has 6 nitrogen and oxygen atoms in total. The first-order chi connectivity index (χ1) is 13.0. The van der Waals surface area contributed by atoms with Gasteiger partial charge in [-0.3, -0.25) is 9.00 Å². The highest BCUT2D eigenvalue weighted by atomic mass is 32.2. The van der Waals surface area contributed by atoms with Crippen LogP contribution in [0.3, 0.4) is 0 Å². The SMILES string of the molecule is CC.CCOC(=O)C(CC1CC(c2ccc(CCCO)cc2)=NO1)S(C)=O. The molecule has 152 valence electrons. The van der Waals surface area contributed by atoms with Crippen LogP contribution in [0.4, 0.5) is 0 Å². The van der Waals surface area contributed by atoms with Gasteiger partial charge in [-0.25, -0.2) is 0 Å². The molecule has 1 aliphatic heterocycles. The fraction of sp³-hybridized carbons (Fsp3) is 0.600. The van der Waals surface area contributed by atoms with Gasteiger partial charge in [0.25, 0.3) is 0 Å². The predicted octanol–water partition coefficient (Wildman–Crippen LogP) is 2.83. The number of ether oxygens (including phenoxy) is 1. The summed E-state index contributed by atoms with van der Waals surface area (Å²) in [5.74, 6) is -0.450. The number of carbonyl (C=O) groups is 1. The van der Waals surface area contributed by atoms with E-state index in [1.165, 1.54) is 6.26 Å². The van der Waals surface area contributed by atoms with Gasteiger partial charge in [-0.2, -0.15) is 0 Å². The summed E-state index contributed by atoms with van der Waals surface area (Å²) in [6.45, 7) is 6.18. The van der Waals surface area contributed by atoms with Crippen LogP contribution in [0, 0.1) is 0 Å². The van der Waals surface area contributed by atoms with Crippen molar-refractivity contribution in [2.45, 2.75) is 57.8 Å². The van der Waals surface area contributed by atoms with E-state index in [9.17, 15) is 9.00 Å². The lowest BCUT2D eigenvalue weighted by molar-refractivity contribution is -0.143. The quantitative estimate of drug-likeness (QED) is 0.648. The highest BCUT2D eigenvalue weighted by molar-refractivity contribution is 7.85. The molecule has 0 saturated carbocycles. The van der Waals surface area contributed by atoms with Crippen LogP contribution in [0.5, 0.6) is 0 Å². The monoisotopic (exact) mass is 397 g/mol. The molecule has 3 atom stereocenters. The first-order valence-corrected chi connectivity index (χ1v) is 11.1. The highest BCUT2D eigenvalue weighted by Gasteiger charge is 2.32. The Morgan fingerprint density at radius 1 is 1.37 bits per heavy atom. The molecule has 27 heavy (non-hydrogen) atoms. The molecule has 0 aliphatic carbocycles. The molecule has 0 saturated heterocycles. The normalized spacial score (nSPS) is 17.8. The van der Waals surface area contributed by atoms with Crippen molar-refractivity contribution in [3.63, 3.8) is 0 Å². The Bertz CT molecular complexity index is 630. The van der Waals surface area contributed by atoms with Gasteiger partial charge in [-0.1, -0.05) is 43.3 Å². The maximum atomic E-state index is 11.9. The van der Waals surface area contributed by atoms with E-state index >= 15 is 0 Å². The second kappa shape index (κ2) is 12.6. The lowest BCUT2D eigenvalue weighted by atomic mass is 10.0. The molecule has 0 bridgehead atoms. The van der Waals surface area contributed by atoms with Crippen LogP contribution in [-0.2, 0) is 31.6 Å². The van der Waals surface area contributed by atoms with Crippen molar-refractivity contribution in [1.29, 1.82) is 0 Å². The van der Waals surface area contributed by atoms with Crippen LogP contribution in [0.15, 0.2) is 29.4 Å². The van der Waals surface area contributed by atoms with Gasteiger partial charge >= 0.3 is 5.97 Å². The zero-order chi connectivity index (χ0) is 20.2. The molecule has 1 aromatic rings. The molecular weight excluding hydrogens is 366 g/mol. The zero-order valence-electron chi connectivity index (χ0n) is 16.6. The van der Waals surface area contributed by atoms with Gasteiger partial charge in [0.05, 0.1) is 12.3 Å². The molecular formula is C20H31NO5S. The summed E-state index contributed by atoms with van der Waals surface area (Å²) in [7, 11) is -1.32. The van der Waals surface area contributed by atoms with Crippen LogP contribution in [0.2, 0.25) is 0 Å². The van der Waals surface area contributed by atoms with Crippen LogP contribution in [0.25, 0.3) is 0 Å². The van der Waals surface area contributed by atoms with Gasteiger partial charge in [0, 0.05) is 36.5 Å². The second-order valence-electron chi connectivity index (χ2n) is 5.97. The average Bonchev–Trinajstić information content (AvgIpc) is 3.15. The topological polar surface area (TPSA) is 85.2 Å². The van der Waals surface area contributed by atoms with Crippen LogP contribution in [0.1, 0.15) is 51.2 Å². The Hall–Kier alpha value is -1.73. The summed E-state index contributed by atoms with van der Waals surface area (Å²) in [6.07, 6.45) is 3.71. The second-order valence-corrected chi connectivity index (χ2v) is 7.53. The van der Waals surface area contributed by atoms with E-state index in [1.807, 2.05) is 38.1 Å². The van der Waals surface area contributed by atoms with Gasteiger partial charge in [-0.15, -0.1) is 0 Å². The number of aliphatic hydroxyl groups is 1. The molecule has 0 fully saturated rings. The van der Waals surface area contributed by atoms with Crippen molar-refractivity contribution in [2.24, 2.45) is 5.16 Å². The Morgan fingerprint density at radius 2 is 2.04 bits per heavy atom. The maximum absolute atomic E-state index is 11.9. The number of hydrogen-bond donors (Lipinski definition) is 1. The molecule has 1 aromatic carbocycles. The molecule has 1 heterocycles. The van der Waals surface area contributed by atoms with E-state index < -0.39 is 22.0 Å². The number of hydrogen-bond acceptors (Lipinski definition) is 6. The molecule has 3 unspecified atom stereocenters. The summed E-state index contributed by atoms with van der Waals surface area (Å²) in [6, 6.07) is 8.00. The molecule has 2 rings (SSSR count). The molecule has 0 amide bonds. The lowest BCUT2D eigenvalue weighted by Gasteiger charge is -2.15. The van der Waals surface area contributed by atoms with E-state index in [4.69, 9.17) is 14.7 Å². The van der Waals surface area contributed by atoms with Crippen molar-refractivity contribution < 1.29 is 23.7 Å². The minimum absolute atomic E-state index is 0.185. The lowest BCUT2D eigenvalue weighted by Crippen LogP contribution is -2.31. The average molecular weight is 398 g/mol. The minimum atomic E-state index is -1.32. The standard InChI is InChI=1S/C18H25NO5S.C2H6/c1-3-23-18(21)17(25(2)22)12-15-11-16(19-24-15)14-8-6-13(7-9-14)5-4-10-20;1-2/h6-9,15,17,20H,3-5,10-12H2,1-2H3;1-2H3. The summed E-state index contributed by atoms with van der Waals surface area (Å²) < 4.78 is 16.8. The third-order valence-corrected chi connectivity index (χ3v) is 5.26. The molecule has 0 spiro atoms. The largest absolute Gasteiger partial charge is 0.465 e. The van der Waals surface area contributed by atoms with Crippen molar-refractivity contribution in [3.05, 3.63) is 35.4 Å². The predicted molar refractivity (Wildman–Crippen MR) is 108 cm³/mol. The van der Waals surface area contributed by atoms with Gasteiger partial charge in [0.15, 0.2) is 0 Å². The zero-order valence-corrected chi connectivity index (χ0v) is 17.5. The number of nitrogens with zero attached hydrogens (tertiary/aromatic N) is 1. The summed E-state index contributed by atoms with van der Waals surface area (Å²) in [5, 5.41) is 12.3. The molecule has 1 aliphatic rings. The van der Waals surface area contributed by atoms with Crippen molar-refractivity contribution in [3.8, 4) is 0 Å². The number of aryl methyl sites for hydroxylation is 1. The Labute approximate surface area is 164 Å².